The van der Waals surface area contributed by atoms with Gasteiger partial charge in [-0.3, -0.25) is 9.59 Å². The van der Waals surface area contributed by atoms with Crippen molar-refractivity contribution in [3.63, 3.8) is 0 Å². The van der Waals surface area contributed by atoms with Gasteiger partial charge in [0.25, 0.3) is 0 Å². The molecule has 0 radical (unpaired) electrons. The second kappa shape index (κ2) is 6.82. The smallest absolute Gasteiger partial charge is 0.231 e. The van der Waals surface area contributed by atoms with Crippen molar-refractivity contribution in [3.8, 4) is 11.5 Å². The molecular weight excluding hydrogens is 332 g/mol. The Hall–Kier alpha value is -2.24. The van der Waals surface area contributed by atoms with E-state index >= 15 is 0 Å². The van der Waals surface area contributed by atoms with Gasteiger partial charge in [0.15, 0.2) is 11.5 Å². The molecule has 4 rings (SSSR count). The molecule has 2 amide bonds. The summed E-state index contributed by atoms with van der Waals surface area (Å²) in [6, 6.07) is 6.27. The first-order valence-electron chi connectivity index (χ1n) is 9.51. The molecule has 0 saturated carbocycles. The molecule has 0 aliphatic carbocycles. The van der Waals surface area contributed by atoms with Gasteiger partial charge in [0.05, 0.1) is 5.92 Å². The molecule has 2 fully saturated rings. The van der Waals surface area contributed by atoms with E-state index in [2.05, 4.69) is 13.8 Å². The summed E-state index contributed by atoms with van der Waals surface area (Å²) in [7, 11) is 0. The third kappa shape index (κ3) is 3.13. The summed E-state index contributed by atoms with van der Waals surface area (Å²) in [4.78, 5) is 29.3. The molecule has 3 aliphatic heterocycles. The van der Waals surface area contributed by atoms with Crippen LogP contribution >= 0.6 is 0 Å². The first-order valence-corrected chi connectivity index (χ1v) is 9.51. The Labute approximate surface area is 154 Å². The van der Waals surface area contributed by atoms with Crippen LogP contribution in [-0.2, 0) is 16.1 Å². The number of hydrogen-bond donors (Lipinski definition) is 0. The maximum Gasteiger partial charge on any atom is 0.231 e. The highest BCUT2D eigenvalue weighted by Gasteiger charge is 2.39. The van der Waals surface area contributed by atoms with Gasteiger partial charge in [-0.25, -0.2) is 0 Å². The number of carbonyl (C=O) groups is 2. The van der Waals surface area contributed by atoms with Crippen molar-refractivity contribution in [2.75, 3.05) is 13.3 Å². The zero-order valence-corrected chi connectivity index (χ0v) is 15.4. The summed E-state index contributed by atoms with van der Waals surface area (Å²) >= 11 is 0. The fraction of sp³-hybridized carbons (Fsp3) is 0.600. The van der Waals surface area contributed by atoms with Crippen LogP contribution in [0.3, 0.4) is 0 Å². The Morgan fingerprint density at radius 1 is 1.15 bits per heavy atom. The second-order valence-corrected chi connectivity index (χ2v) is 7.74. The van der Waals surface area contributed by atoms with Crippen molar-refractivity contribution in [3.05, 3.63) is 23.8 Å². The first-order chi connectivity index (χ1) is 12.5. The summed E-state index contributed by atoms with van der Waals surface area (Å²) < 4.78 is 10.7. The lowest BCUT2D eigenvalue weighted by molar-refractivity contribution is -0.141. The van der Waals surface area contributed by atoms with Crippen molar-refractivity contribution >= 4 is 11.8 Å². The first kappa shape index (κ1) is 17.2. The molecule has 3 atom stereocenters. The van der Waals surface area contributed by atoms with E-state index in [0.717, 1.165) is 29.9 Å². The van der Waals surface area contributed by atoms with E-state index in [1.807, 2.05) is 23.1 Å². The number of benzene rings is 1. The van der Waals surface area contributed by atoms with Crippen LogP contribution in [0.15, 0.2) is 18.2 Å². The van der Waals surface area contributed by atoms with Crippen LogP contribution in [0.25, 0.3) is 0 Å². The minimum atomic E-state index is -0.223. The molecule has 1 aromatic carbocycles. The predicted octanol–water partition coefficient (Wildman–Crippen LogP) is 2.55. The van der Waals surface area contributed by atoms with Crippen LogP contribution in [0, 0.1) is 5.92 Å². The summed E-state index contributed by atoms with van der Waals surface area (Å²) in [5.74, 6) is 1.43. The topological polar surface area (TPSA) is 59.1 Å². The summed E-state index contributed by atoms with van der Waals surface area (Å²) in [6.45, 7) is 5.49. The van der Waals surface area contributed by atoms with Crippen LogP contribution in [0.4, 0.5) is 0 Å². The predicted molar refractivity (Wildman–Crippen MR) is 95.7 cm³/mol. The zero-order valence-electron chi connectivity index (χ0n) is 15.4. The third-order valence-corrected chi connectivity index (χ3v) is 5.82. The van der Waals surface area contributed by atoms with Gasteiger partial charge < -0.3 is 19.3 Å². The lowest BCUT2D eigenvalue weighted by atomic mass is 9.94. The monoisotopic (exact) mass is 358 g/mol. The Kier molecular flexibility index (Phi) is 4.51. The van der Waals surface area contributed by atoms with Gasteiger partial charge in [-0.1, -0.05) is 6.07 Å². The number of likely N-dealkylation sites (tertiary alicyclic amines) is 2. The second-order valence-electron chi connectivity index (χ2n) is 7.74. The Morgan fingerprint density at radius 2 is 1.88 bits per heavy atom. The molecule has 0 bridgehead atoms. The molecule has 6 heteroatoms. The summed E-state index contributed by atoms with van der Waals surface area (Å²) in [5.41, 5.74) is 0.996. The fourth-order valence-electron chi connectivity index (χ4n) is 4.42. The van der Waals surface area contributed by atoms with E-state index in [4.69, 9.17) is 9.47 Å². The average molecular weight is 358 g/mol. The van der Waals surface area contributed by atoms with Crippen LogP contribution in [0.5, 0.6) is 11.5 Å². The summed E-state index contributed by atoms with van der Waals surface area (Å²) in [5, 5.41) is 0. The lowest BCUT2D eigenvalue weighted by Crippen LogP contribution is -2.50. The molecule has 0 N–H and O–H groups in total. The molecule has 3 heterocycles. The number of amides is 2. The molecule has 26 heavy (non-hydrogen) atoms. The quantitative estimate of drug-likeness (QED) is 0.833. The van der Waals surface area contributed by atoms with Crippen LogP contribution in [-0.4, -0.2) is 47.0 Å². The number of ether oxygens (including phenoxy) is 2. The van der Waals surface area contributed by atoms with Gasteiger partial charge >= 0.3 is 0 Å². The van der Waals surface area contributed by atoms with E-state index in [1.165, 1.54) is 6.42 Å². The molecule has 140 valence electrons. The highest BCUT2D eigenvalue weighted by molar-refractivity contribution is 5.89. The van der Waals surface area contributed by atoms with Gasteiger partial charge in [0.1, 0.15) is 0 Å². The van der Waals surface area contributed by atoms with E-state index in [9.17, 15) is 9.59 Å². The largest absolute Gasteiger partial charge is 0.454 e. The zero-order chi connectivity index (χ0) is 18.3. The molecule has 3 aliphatic rings. The minimum absolute atomic E-state index is 0.0540. The molecular formula is C20H26N2O4. The number of fused-ring (bicyclic) bond motifs is 1. The van der Waals surface area contributed by atoms with Crippen molar-refractivity contribution in [2.24, 2.45) is 5.92 Å². The number of nitrogens with zero attached hydrogens (tertiary/aromatic N) is 2. The fourth-order valence-corrected chi connectivity index (χ4v) is 4.42. The minimum Gasteiger partial charge on any atom is -0.454 e. The van der Waals surface area contributed by atoms with E-state index in [0.29, 0.717) is 19.5 Å². The van der Waals surface area contributed by atoms with Crippen LogP contribution in [0.1, 0.15) is 45.1 Å². The SMILES string of the molecule is CC1CCCC(C)N1C(=O)C1CC(=O)N(Cc2ccc3c(c2)OCO3)C1. The molecule has 0 spiro atoms. The molecule has 2 saturated heterocycles. The van der Waals surface area contributed by atoms with Gasteiger partial charge in [-0.2, -0.15) is 0 Å². The number of rotatable bonds is 3. The molecule has 0 aromatic heterocycles. The standard InChI is InChI=1S/C20H26N2O4/c1-13-4-3-5-14(2)22(13)20(24)16-9-19(23)21(11-16)10-15-6-7-17-18(8-15)26-12-25-17/h6-8,13-14,16H,3-5,9-12H2,1-2H3. The van der Waals surface area contributed by atoms with Crippen molar-refractivity contribution in [1.29, 1.82) is 0 Å². The van der Waals surface area contributed by atoms with E-state index in [1.54, 1.807) is 4.90 Å². The maximum absolute atomic E-state index is 13.0. The van der Waals surface area contributed by atoms with Crippen molar-refractivity contribution in [2.45, 2.75) is 58.2 Å². The van der Waals surface area contributed by atoms with Crippen LogP contribution < -0.4 is 9.47 Å². The van der Waals surface area contributed by atoms with Gasteiger partial charge in [-0.15, -0.1) is 0 Å². The van der Waals surface area contributed by atoms with E-state index in [-0.39, 0.29) is 36.6 Å². The Bertz CT molecular complexity index is 710. The highest BCUT2D eigenvalue weighted by Crippen LogP contribution is 2.34. The van der Waals surface area contributed by atoms with Crippen molar-refractivity contribution in [1.82, 2.24) is 9.80 Å². The lowest BCUT2D eigenvalue weighted by Gasteiger charge is -2.40. The van der Waals surface area contributed by atoms with E-state index < -0.39 is 0 Å². The van der Waals surface area contributed by atoms with Gasteiger partial charge in [0.2, 0.25) is 18.6 Å². The molecule has 3 unspecified atom stereocenters. The van der Waals surface area contributed by atoms with Crippen LogP contribution in [0.2, 0.25) is 0 Å². The average Bonchev–Trinajstić information content (AvgIpc) is 3.21. The number of piperidine rings is 1. The summed E-state index contributed by atoms with van der Waals surface area (Å²) in [6.07, 6.45) is 3.60. The van der Waals surface area contributed by atoms with Crippen molar-refractivity contribution < 1.29 is 19.1 Å². The maximum atomic E-state index is 13.0. The Balaban J connectivity index is 1.42. The number of carbonyl (C=O) groups excluding carboxylic acids is 2. The van der Waals surface area contributed by atoms with Gasteiger partial charge in [-0.05, 0) is 50.8 Å². The third-order valence-electron chi connectivity index (χ3n) is 5.82. The Morgan fingerprint density at radius 3 is 2.65 bits per heavy atom. The highest BCUT2D eigenvalue weighted by atomic mass is 16.7. The number of hydrogen-bond acceptors (Lipinski definition) is 4. The molecule has 1 aromatic rings. The normalized spacial score (nSPS) is 27.9. The molecule has 6 nitrogen and oxygen atoms in total. The van der Waals surface area contributed by atoms with Gasteiger partial charge in [0, 0.05) is 31.6 Å².